The number of alkyl halides is 30. The third-order valence-corrected chi connectivity index (χ3v) is 8.81. The summed E-state index contributed by atoms with van der Waals surface area (Å²) in [7, 11) is 0. The minimum absolute atomic E-state index is 1.11. The van der Waals surface area contributed by atoms with Crippen LogP contribution in [0.15, 0.2) is 23.8 Å². The van der Waals surface area contributed by atoms with Gasteiger partial charge in [0.15, 0.2) is 0 Å². The van der Waals surface area contributed by atoms with Gasteiger partial charge in [0.2, 0.25) is 0 Å². The third kappa shape index (κ3) is 6.33. The number of esters is 2. The fourth-order valence-electron chi connectivity index (χ4n) is 5.86. The van der Waals surface area contributed by atoms with Gasteiger partial charge in [-0.15, -0.1) is 0 Å². The topological polar surface area (TPSA) is 89.5 Å². The van der Waals surface area contributed by atoms with Gasteiger partial charge in [-0.3, -0.25) is 9.47 Å². The van der Waals surface area contributed by atoms with Crippen molar-refractivity contribution in [2.45, 2.75) is 107 Å². The Labute approximate surface area is 340 Å². The molecule has 0 spiro atoms. The maximum Gasteiger partial charge on any atom is 0.496 e. The number of halogens is 36. The van der Waals surface area contributed by atoms with Crippen molar-refractivity contribution in [2.75, 3.05) is 0 Å². The molecule has 0 saturated heterocycles. The van der Waals surface area contributed by atoms with Crippen LogP contribution in [-0.4, -0.2) is 119 Å². The van der Waals surface area contributed by atoms with E-state index in [9.17, 15) is 115 Å². The van der Waals surface area contributed by atoms with Gasteiger partial charge in [0.25, 0.3) is 22.9 Å². The van der Waals surface area contributed by atoms with E-state index in [0.29, 0.717) is 0 Å². The Kier molecular flexibility index (Phi) is 12.5. The zero-order valence-electron chi connectivity index (χ0n) is 28.9. The minimum Gasteiger partial charge on any atom is -0.389 e. The summed E-state index contributed by atoms with van der Waals surface area (Å²) in [6.07, 6.45) is -77.6. The Hall–Kier alpha value is -4.26. The molecule has 0 radical (unpaired) electrons. The van der Waals surface area contributed by atoms with Crippen LogP contribution in [0.2, 0.25) is 0 Å². The van der Waals surface area contributed by atoms with Crippen LogP contribution in [0.5, 0.6) is 0 Å². The molecule has 8 nitrogen and oxygen atoms in total. The van der Waals surface area contributed by atoms with Crippen molar-refractivity contribution in [1.82, 2.24) is 0 Å². The molecule has 0 N–H and O–H groups in total. The van der Waals surface area contributed by atoms with E-state index in [4.69, 9.17) is 0 Å². The van der Waals surface area contributed by atoms with Crippen LogP contribution in [0.3, 0.4) is 0 Å². The first-order valence-electron chi connectivity index (χ1n) is 14.7. The van der Waals surface area contributed by atoms with Crippen molar-refractivity contribution in [1.29, 1.82) is 0 Å². The van der Waals surface area contributed by atoms with Gasteiger partial charge < -0.3 is 9.47 Å². The van der Waals surface area contributed by atoms with Crippen molar-refractivity contribution in [2.24, 2.45) is 0 Å². The van der Waals surface area contributed by atoms with Gasteiger partial charge in [-0.1, -0.05) is 0 Å². The molecule has 4 rings (SSSR count). The summed E-state index contributed by atoms with van der Waals surface area (Å²) in [5, 5.41) is 0. The molecule has 0 aromatic heterocycles. The zero-order chi connectivity index (χ0) is 54.7. The molecular formula is C24F36O8. The molecule has 4 fully saturated rings. The molecule has 0 heterocycles. The molecule has 68 heavy (non-hydrogen) atoms. The number of carbonyl (C=O) groups excluding carboxylic acids is 2. The van der Waals surface area contributed by atoms with Crippen molar-refractivity contribution >= 4 is 11.9 Å². The first kappa shape index (κ1) is 58.1. The zero-order valence-corrected chi connectivity index (χ0v) is 28.9. The van der Waals surface area contributed by atoms with Crippen molar-refractivity contribution < 1.29 is 196 Å². The van der Waals surface area contributed by atoms with Gasteiger partial charge in [0.1, 0.15) is 0 Å². The Morgan fingerprint density at radius 2 is 0.500 bits per heavy atom. The maximum absolute atomic E-state index is 16.0. The molecule has 0 amide bonds. The Bertz CT molecular complexity index is 1960. The van der Waals surface area contributed by atoms with E-state index in [1.807, 2.05) is 0 Å². The van der Waals surface area contributed by atoms with Crippen LogP contribution in [0.4, 0.5) is 158 Å². The van der Waals surface area contributed by atoms with Gasteiger partial charge in [0.05, 0.1) is 0 Å². The Morgan fingerprint density at radius 1 is 0.294 bits per heavy atom. The van der Waals surface area contributed by atoms with Crippen LogP contribution in [-0.2, 0) is 38.0 Å². The summed E-state index contributed by atoms with van der Waals surface area (Å²) in [5.41, 5.74) is -38.9. The molecule has 396 valence electrons. The van der Waals surface area contributed by atoms with Crippen molar-refractivity contribution in [3.8, 4) is 0 Å². The van der Waals surface area contributed by atoms with E-state index < -0.39 is 143 Å². The third-order valence-electron chi connectivity index (χ3n) is 8.81. The predicted octanol–water partition coefficient (Wildman–Crippen LogP) is 10.8. The van der Waals surface area contributed by atoms with Crippen molar-refractivity contribution in [3.63, 3.8) is 0 Å². The molecular weight excluding hydrogens is 1100 g/mol. The number of hydrogen-bond acceptors (Lipinski definition) is 8. The van der Waals surface area contributed by atoms with Crippen LogP contribution < -0.4 is 0 Å². The largest absolute Gasteiger partial charge is 0.496 e. The lowest BCUT2D eigenvalue weighted by molar-refractivity contribution is -0.663. The quantitative estimate of drug-likeness (QED) is 0.0858. The van der Waals surface area contributed by atoms with E-state index in [2.05, 4.69) is 0 Å². The second-order valence-electron chi connectivity index (χ2n) is 12.6. The summed E-state index contributed by atoms with van der Waals surface area (Å²) in [4.78, 5) is 21.5. The van der Waals surface area contributed by atoms with Crippen LogP contribution in [0.25, 0.3) is 0 Å². The van der Waals surface area contributed by atoms with Gasteiger partial charge in [-0.2, -0.15) is 149 Å². The van der Waals surface area contributed by atoms with Gasteiger partial charge in [-0.05, 0) is 0 Å². The molecule has 4 saturated carbocycles. The second kappa shape index (κ2) is 14.7. The predicted molar refractivity (Wildman–Crippen MR) is 120 cm³/mol. The summed E-state index contributed by atoms with van der Waals surface area (Å²) in [5.74, 6) is -75.0. The molecule has 44 heteroatoms. The average molecular weight is 1100 g/mol. The van der Waals surface area contributed by atoms with E-state index in [0.717, 1.165) is 9.47 Å². The van der Waals surface area contributed by atoms with E-state index in [-0.39, 0.29) is 0 Å². The number of rotatable bonds is 16. The highest BCUT2D eigenvalue weighted by molar-refractivity contribution is 5.86. The first-order chi connectivity index (χ1) is 29.3. The molecule has 4 aliphatic carbocycles. The highest BCUT2D eigenvalue weighted by Crippen LogP contribution is 2.89. The fraction of sp³-hybridized carbons (Fsp3) is 0.750. The minimum atomic E-state index is -10.1. The summed E-state index contributed by atoms with van der Waals surface area (Å²) in [6.45, 7) is 0. The molecule has 0 atom stereocenters. The lowest BCUT2D eigenvalue weighted by Crippen LogP contribution is -3.11. The lowest BCUT2D eigenvalue weighted by atomic mass is 9.39. The standard InChI is InChI=1S/C24F36O8/c25-1(3(27)28)5(61)63-17(45,46)19(49,50)67-23(57,58)21(53,54)65-9-12(35,36)7(31)11(33,34)8(32,13(9,37)38)15(41,42)10(14(7,39)40,16(9,43)44)66-22(55,56)24(59,60)68-20(51,52)18(47,48)64-6(62)2(26)4(29)30. The fourth-order valence-corrected chi connectivity index (χ4v) is 5.86. The van der Waals surface area contributed by atoms with E-state index >= 15 is 52.7 Å². The van der Waals surface area contributed by atoms with Gasteiger partial charge >= 0.3 is 120 Å². The average Bonchev–Trinajstić information content (AvgIpc) is 3.10. The highest BCUT2D eigenvalue weighted by atomic mass is 19.4. The van der Waals surface area contributed by atoms with Gasteiger partial charge in [-0.25, -0.2) is 27.8 Å². The lowest BCUT2D eigenvalue weighted by Gasteiger charge is -2.76. The first-order valence-corrected chi connectivity index (χ1v) is 14.7. The second-order valence-corrected chi connectivity index (χ2v) is 12.6. The normalized spacial score (nSPS) is 29.6. The SMILES string of the molecule is O=C(OC(F)(F)C(F)(F)OC(F)(F)C(F)(F)OC12C(F)(F)C3(F)C(F)(F)C(F)(C1(F)F)C(F)(F)C(OC(F)(F)C(F)(F)OC(F)(F)C(F)(F)OC(=O)C(F)=C(F)F)(C3(F)F)C2(F)F)C(F)=C(F)F. The maximum atomic E-state index is 16.0. The van der Waals surface area contributed by atoms with Gasteiger partial charge in [0, 0.05) is 0 Å². The highest BCUT2D eigenvalue weighted by Gasteiger charge is 3.24. The monoisotopic (exact) mass is 1100 g/mol. The van der Waals surface area contributed by atoms with E-state index in [1.165, 1.54) is 9.47 Å². The summed E-state index contributed by atoms with van der Waals surface area (Å²) < 4.78 is 526. The Balaban J connectivity index is 2.45. The number of hydrogen-bond donors (Lipinski definition) is 0. The van der Waals surface area contributed by atoms with Crippen LogP contribution in [0.1, 0.15) is 0 Å². The molecule has 0 aromatic carbocycles. The molecule has 0 aromatic rings. The van der Waals surface area contributed by atoms with Crippen LogP contribution >= 0.6 is 0 Å². The number of carbonyl (C=O) groups is 2. The molecule has 4 aliphatic rings. The number of ether oxygens (including phenoxy) is 6. The summed E-state index contributed by atoms with van der Waals surface area (Å²) in [6, 6.07) is 0. The van der Waals surface area contributed by atoms with E-state index in [1.54, 1.807) is 9.47 Å². The smallest absolute Gasteiger partial charge is 0.389 e. The molecule has 4 bridgehead atoms. The molecule has 0 aliphatic heterocycles. The van der Waals surface area contributed by atoms with Crippen LogP contribution in [0, 0.1) is 0 Å². The Morgan fingerprint density at radius 3 is 0.706 bits per heavy atom. The summed E-state index contributed by atoms with van der Waals surface area (Å²) >= 11 is 0. The van der Waals surface area contributed by atoms with Crippen molar-refractivity contribution in [3.05, 3.63) is 23.8 Å². The molecule has 0 unspecified atom stereocenters.